The maximum Gasteiger partial charge on any atom is 0.269 e. The van der Waals surface area contributed by atoms with E-state index in [0.29, 0.717) is 28.5 Å². The van der Waals surface area contributed by atoms with Gasteiger partial charge in [0.05, 0.1) is 24.7 Å². The zero-order valence-corrected chi connectivity index (χ0v) is 12.9. The van der Waals surface area contributed by atoms with Crippen molar-refractivity contribution in [3.63, 3.8) is 0 Å². The molecule has 3 rings (SSSR count). The van der Waals surface area contributed by atoms with E-state index in [9.17, 15) is 10.1 Å². The molecule has 122 valence electrons. The van der Waals surface area contributed by atoms with Crippen LogP contribution in [-0.4, -0.2) is 29.3 Å². The Morgan fingerprint density at radius 1 is 1.08 bits per heavy atom. The molecule has 0 aliphatic carbocycles. The number of non-ortho nitro benzene ring substituents is 1. The van der Waals surface area contributed by atoms with Gasteiger partial charge in [0.2, 0.25) is 5.82 Å². The summed E-state index contributed by atoms with van der Waals surface area (Å²) in [6.45, 7) is 0. The molecule has 24 heavy (non-hydrogen) atoms. The van der Waals surface area contributed by atoms with Gasteiger partial charge in [0.25, 0.3) is 11.6 Å². The number of ether oxygens (including phenoxy) is 2. The van der Waals surface area contributed by atoms with E-state index in [1.165, 1.54) is 26.4 Å². The molecule has 0 saturated heterocycles. The maximum absolute atomic E-state index is 10.7. The molecule has 0 amide bonds. The summed E-state index contributed by atoms with van der Waals surface area (Å²) < 4.78 is 15.9. The highest BCUT2D eigenvalue weighted by Gasteiger charge is 2.18. The fourth-order valence-corrected chi connectivity index (χ4v) is 2.24. The zero-order valence-electron chi connectivity index (χ0n) is 12.9. The smallest absolute Gasteiger partial charge is 0.269 e. The van der Waals surface area contributed by atoms with Crippen LogP contribution >= 0.6 is 0 Å². The van der Waals surface area contributed by atoms with Crippen molar-refractivity contribution in [3.8, 4) is 34.3 Å². The van der Waals surface area contributed by atoms with Gasteiger partial charge in [-0.15, -0.1) is 0 Å². The fourth-order valence-electron chi connectivity index (χ4n) is 2.24. The molecule has 0 aliphatic rings. The number of para-hydroxylation sites is 1. The minimum absolute atomic E-state index is 0.00284. The second-order valence-electron chi connectivity index (χ2n) is 4.77. The number of hydrogen-bond acceptors (Lipinski definition) is 7. The summed E-state index contributed by atoms with van der Waals surface area (Å²) in [5.41, 5.74) is 1.20. The van der Waals surface area contributed by atoms with Crippen LogP contribution in [0, 0.1) is 10.1 Å². The predicted octanol–water partition coefficient (Wildman–Crippen LogP) is 3.33. The van der Waals surface area contributed by atoms with E-state index in [0.717, 1.165) is 0 Å². The topological polar surface area (TPSA) is 101 Å². The summed E-state index contributed by atoms with van der Waals surface area (Å²) in [7, 11) is 3.06. The Hall–Kier alpha value is -3.42. The summed E-state index contributed by atoms with van der Waals surface area (Å²) >= 11 is 0. The van der Waals surface area contributed by atoms with Crippen molar-refractivity contribution >= 4 is 5.69 Å². The zero-order chi connectivity index (χ0) is 17.1. The van der Waals surface area contributed by atoms with Gasteiger partial charge in [0, 0.05) is 17.7 Å². The van der Waals surface area contributed by atoms with Crippen LogP contribution in [0.15, 0.2) is 47.0 Å². The van der Waals surface area contributed by atoms with E-state index < -0.39 is 4.92 Å². The number of rotatable bonds is 5. The lowest BCUT2D eigenvalue weighted by atomic mass is 10.1. The largest absolute Gasteiger partial charge is 0.493 e. The molecule has 0 aliphatic heterocycles. The van der Waals surface area contributed by atoms with E-state index >= 15 is 0 Å². The van der Waals surface area contributed by atoms with E-state index in [1.54, 1.807) is 30.3 Å². The average Bonchev–Trinajstić information content (AvgIpc) is 3.10. The lowest BCUT2D eigenvalue weighted by molar-refractivity contribution is -0.384. The summed E-state index contributed by atoms with van der Waals surface area (Å²) in [4.78, 5) is 14.6. The number of nitro benzene ring substituents is 1. The first-order valence-corrected chi connectivity index (χ1v) is 6.94. The third-order valence-corrected chi connectivity index (χ3v) is 3.40. The van der Waals surface area contributed by atoms with Crippen molar-refractivity contribution in [3.05, 3.63) is 52.6 Å². The lowest BCUT2D eigenvalue weighted by Gasteiger charge is -2.09. The van der Waals surface area contributed by atoms with Crippen molar-refractivity contribution in [2.75, 3.05) is 14.2 Å². The molecule has 8 nitrogen and oxygen atoms in total. The van der Waals surface area contributed by atoms with Crippen LogP contribution in [0.3, 0.4) is 0 Å². The van der Waals surface area contributed by atoms with Gasteiger partial charge < -0.3 is 14.0 Å². The molecular formula is C16H13N3O5. The van der Waals surface area contributed by atoms with Crippen molar-refractivity contribution in [2.45, 2.75) is 0 Å². The number of hydrogen-bond donors (Lipinski definition) is 0. The molecule has 0 fully saturated rings. The quantitative estimate of drug-likeness (QED) is 0.523. The number of aromatic nitrogens is 2. The van der Waals surface area contributed by atoms with Crippen LogP contribution in [0.1, 0.15) is 0 Å². The molecule has 1 heterocycles. The first kappa shape index (κ1) is 15.5. The Morgan fingerprint density at radius 3 is 2.46 bits per heavy atom. The lowest BCUT2D eigenvalue weighted by Crippen LogP contribution is -1.93. The third kappa shape index (κ3) is 2.76. The van der Waals surface area contributed by atoms with Gasteiger partial charge in [-0.1, -0.05) is 11.2 Å². The SMILES string of the molecule is COc1cccc(-c2nc(-c3ccc([N+](=O)[O-])cc3)no2)c1OC. The normalized spacial score (nSPS) is 10.4. The molecule has 1 aromatic heterocycles. The molecule has 8 heteroatoms. The highest BCUT2D eigenvalue weighted by molar-refractivity contribution is 5.69. The second kappa shape index (κ2) is 6.37. The molecule has 2 aromatic carbocycles. The fraction of sp³-hybridized carbons (Fsp3) is 0.125. The average molecular weight is 327 g/mol. The van der Waals surface area contributed by atoms with Crippen LogP contribution in [-0.2, 0) is 0 Å². The first-order valence-electron chi connectivity index (χ1n) is 6.94. The number of methoxy groups -OCH3 is 2. The van der Waals surface area contributed by atoms with Gasteiger partial charge in [-0.25, -0.2) is 0 Å². The Bertz CT molecular complexity index is 874. The Balaban J connectivity index is 1.98. The third-order valence-electron chi connectivity index (χ3n) is 3.40. The number of nitro groups is 1. The molecule has 0 spiro atoms. The summed E-state index contributed by atoms with van der Waals surface area (Å²) in [6.07, 6.45) is 0. The van der Waals surface area contributed by atoms with Crippen LogP contribution in [0.4, 0.5) is 5.69 Å². The van der Waals surface area contributed by atoms with Gasteiger partial charge >= 0.3 is 0 Å². The molecule has 3 aromatic rings. The maximum atomic E-state index is 10.7. The predicted molar refractivity (Wildman–Crippen MR) is 84.9 cm³/mol. The monoisotopic (exact) mass is 327 g/mol. The van der Waals surface area contributed by atoms with Crippen LogP contribution in [0.2, 0.25) is 0 Å². The summed E-state index contributed by atoms with van der Waals surface area (Å²) in [5, 5.41) is 14.6. The number of nitrogens with zero attached hydrogens (tertiary/aromatic N) is 3. The molecule has 0 atom stereocenters. The van der Waals surface area contributed by atoms with E-state index in [4.69, 9.17) is 14.0 Å². The Kier molecular flexibility index (Phi) is 4.11. The molecule has 0 unspecified atom stereocenters. The first-order chi connectivity index (χ1) is 11.6. The number of benzene rings is 2. The highest BCUT2D eigenvalue weighted by atomic mass is 16.6. The molecular weight excluding hydrogens is 314 g/mol. The van der Waals surface area contributed by atoms with Crippen LogP contribution in [0.25, 0.3) is 22.8 Å². The van der Waals surface area contributed by atoms with Gasteiger partial charge in [0.15, 0.2) is 11.5 Å². The summed E-state index contributed by atoms with van der Waals surface area (Å²) in [5.74, 6) is 1.62. The molecule has 0 bridgehead atoms. The van der Waals surface area contributed by atoms with Gasteiger partial charge in [-0.2, -0.15) is 4.98 Å². The molecule has 0 N–H and O–H groups in total. The van der Waals surface area contributed by atoms with Crippen molar-refractivity contribution < 1.29 is 18.9 Å². The van der Waals surface area contributed by atoms with Crippen molar-refractivity contribution in [2.24, 2.45) is 0 Å². The molecule has 0 radical (unpaired) electrons. The minimum atomic E-state index is -0.466. The van der Waals surface area contributed by atoms with E-state index in [2.05, 4.69) is 10.1 Å². The highest BCUT2D eigenvalue weighted by Crippen LogP contribution is 2.37. The van der Waals surface area contributed by atoms with Gasteiger partial charge in [-0.05, 0) is 24.3 Å². The van der Waals surface area contributed by atoms with Gasteiger partial charge in [-0.3, -0.25) is 10.1 Å². The van der Waals surface area contributed by atoms with Crippen molar-refractivity contribution in [1.82, 2.24) is 10.1 Å². The van der Waals surface area contributed by atoms with E-state index in [-0.39, 0.29) is 11.6 Å². The minimum Gasteiger partial charge on any atom is -0.493 e. The summed E-state index contributed by atoms with van der Waals surface area (Å²) in [6, 6.07) is 11.2. The second-order valence-corrected chi connectivity index (χ2v) is 4.77. The Labute approximate surface area is 136 Å². The van der Waals surface area contributed by atoms with Gasteiger partial charge in [0.1, 0.15) is 0 Å². The standard InChI is InChI=1S/C16H13N3O5/c1-22-13-5-3-4-12(14(13)23-2)16-17-15(18-24-16)10-6-8-11(9-7-10)19(20)21/h3-9H,1-2H3. The van der Waals surface area contributed by atoms with E-state index in [1.807, 2.05) is 0 Å². The van der Waals surface area contributed by atoms with Crippen LogP contribution in [0.5, 0.6) is 11.5 Å². The van der Waals surface area contributed by atoms with Crippen LogP contribution < -0.4 is 9.47 Å². The molecule has 0 saturated carbocycles. The van der Waals surface area contributed by atoms with Crippen molar-refractivity contribution in [1.29, 1.82) is 0 Å². The Morgan fingerprint density at radius 2 is 1.83 bits per heavy atom.